The Hall–Kier alpha value is -2.42. The predicted octanol–water partition coefficient (Wildman–Crippen LogP) is 3.51. The minimum absolute atomic E-state index is 0.176. The summed E-state index contributed by atoms with van der Waals surface area (Å²) in [7, 11) is 1.87. The number of ether oxygens (including phenoxy) is 3. The molecule has 0 radical (unpaired) electrons. The lowest BCUT2D eigenvalue weighted by molar-refractivity contribution is 0.0825. The molecular formula is C20H20ClN3O4S. The molecular weight excluding hydrogens is 414 g/mol. The summed E-state index contributed by atoms with van der Waals surface area (Å²) in [5, 5.41) is 20.0. The van der Waals surface area contributed by atoms with E-state index < -0.39 is 6.10 Å². The fourth-order valence-electron chi connectivity index (χ4n) is 2.82. The van der Waals surface area contributed by atoms with Gasteiger partial charge in [-0.25, -0.2) is 0 Å². The molecule has 7 nitrogen and oxygen atoms in total. The number of hydrogen-bond acceptors (Lipinski definition) is 7. The molecule has 0 spiro atoms. The van der Waals surface area contributed by atoms with E-state index in [2.05, 4.69) is 10.2 Å². The van der Waals surface area contributed by atoms with Gasteiger partial charge in [0.1, 0.15) is 19.0 Å². The van der Waals surface area contributed by atoms with E-state index in [1.54, 1.807) is 24.3 Å². The smallest absolute Gasteiger partial charge is 0.192 e. The molecule has 0 saturated heterocycles. The summed E-state index contributed by atoms with van der Waals surface area (Å²) in [5.74, 6) is 3.17. The third kappa shape index (κ3) is 4.77. The number of para-hydroxylation sites is 2. The van der Waals surface area contributed by atoms with Gasteiger partial charge in [0, 0.05) is 17.8 Å². The second-order valence-corrected chi connectivity index (χ2v) is 7.92. The van der Waals surface area contributed by atoms with Gasteiger partial charge in [0.2, 0.25) is 0 Å². The topological polar surface area (TPSA) is 78.6 Å². The zero-order valence-electron chi connectivity index (χ0n) is 15.7. The van der Waals surface area contributed by atoms with Gasteiger partial charge in [0.05, 0.1) is 6.10 Å². The molecule has 1 N–H and O–H groups in total. The Kier molecular flexibility index (Phi) is 6.13. The van der Waals surface area contributed by atoms with Crippen molar-refractivity contribution in [1.29, 1.82) is 0 Å². The summed E-state index contributed by atoms with van der Waals surface area (Å²) in [4.78, 5) is 0. The van der Waals surface area contributed by atoms with Gasteiger partial charge >= 0.3 is 0 Å². The molecule has 1 aromatic heterocycles. The molecule has 3 aromatic rings. The van der Waals surface area contributed by atoms with Gasteiger partial charge in [0.25, 0.3) is 0 Å². The maximum Gasteiger partial charge on any atom is 0.192 e. The lowest BCUT2D eigenvalue weighted by atomic mass is 10.2. The van der Waals surface area contributed by atoms with Gasteiger partial charge in [-0.1, -0.05) is 35.5 Å². The van der Waals surface area contributed by atoms with Crippen molar-refractivity contribution in [2.45, 2.75) is 17.4 Å². The van der Waals surface area contributed by atoms with Crippen LogP contribution >= 0.6 is 23.4 Å². The summed E-state index contributed by atoms with van der Waals surface area (Å²) in [5.41, 5.74) is 0. The maximum absolute atomic E-state index is 10.2. The van der Waals surface area contributed by atoms with Crippen LogP contribution in [0.2, 0.25) is 5.02 Å². The lowest BCUT2D eigenvalue weighted by Gasteiger charge is -2.25. The molecule has 152 valence electrons. The molecule has 0 amide bonds. The third-order valence-electron chi connectivity index (χ3n) is 4.33. The van der Waals surface area contributed by atoms with Crippen LogP contribution in [0.4, 0.5) is 0 Å². The number of hydrogen-bond donors (Lipinski definition) is 1. The Labute approximate surface area is 177 Å². The van der Waals surface area contributed by atoms with Crippen molar-refractivity contribution in [3.8, 4) is 17.2 Å². The molecule has 1 aliphatic heterocycles. The highest BCUT2D eigenvalue weighted by Crippen LogP contribution is 2.35. The van der Waals surface area contributed by atoms with Gasteiger partial charge in [-0.15, -0.1) is 10.2 Å². The van der Waals surface area contributed by atoms with E-state index in [4.69, 9.17) is 25.8 Å². The molecule has 2 unspecified atom stereocenters. The highest BCUT2D eigenvalue weighted by molar-refractivity contribution is 7.99. The zero-order valence-corrected chi connectivity index (χ0v) is 17.3. The van der Waals surface area contributed by atoms with Gasteiger partial charge in [-0.3, -0.25) is 0 Å². The minimum atomic E-state index is -0.656. The molecule has 2 atom stereocenters. The van der Waals surface area contributed by atoms with E-state index in [9.17, 15) is 5.11 Å². The summed E-state index contributed by atoms with van der Waals surface area (Å²) in [6, 6.07) is 14.6. The lowest BCUT2D eigenvalue weighted by Crippen LogP contribution is -2.24. The van der Waals surface area contributed by atoms with E-state index >= 15 is 0 Å². The molecule has 4 rings (SSSR count). The van der Waals surface area contributed by atoms with Gasteiger partial charge < -0.3 is 23.9 Å². The summed E-state index contributed by atoms with van der Waals surface area (Å²) in [6.45, 7) is 0.543. The number of aliphatic hydroxyl groups is 1. The molecule has 0 aliphatic carbocycles. The number of halogens is 1. The van der Waals surface area contributed by atoms with Gasteiger partial charge in [0.15, 0.2) is 28.6 Å². The van der Waals surface area contributed by atoms with Crippen molar-refractivity contribution < 1.29 is 19.3 Å². The molecule has 2 aromatic carbocycles. The molecule has 29 heavy (non-hydrogen) atoms. The van der Waals surface area contributed by atoms with Crippen molar-refractivity contribution in [3.63, 3.8) is 0 Å². The van der Waals surface area contributed by atoms with E-state index in [0.717, 1.165) is 5.75 Å². The number of aromatic nitrogens is 3. The van der Waals surface area contributed by atoms with Crippen LogP contribution in [0, 0.1) is 0 Å². The molecule has 0 fully saturated rings. The first-order valence-corrected chi connectivity index (χ1v) is 10.4. The fraction of sp³-hybridized carbons (Fsp3) is 0.300. The second kappa shape index (κ2) is 8.94. The second-order valence-electron chi connectivity index (χ2n) is 6.49. The standard InChI is InChI=1S/C20H20ClN3O4S/c1-24-19(18-11-27-16-4-2-3-5-17(16)28-18)22-23-20(24)29-12-14(25)10-26-15-8-6-13(21)7-9-15/h2-9,14,18,25H,10-12H2,1H3. The van der Waals surface area contributed by atoms with Gasteiger partial charge in [-0.05, 0) is 36.4 Å². The first kappa shape index (κ1) is 19.9. The third-order valence-corrected chi connectivity index (χ3v) is 5.74. The zero-order chi connectivity index (χ0) is 20.2. The predicted molar refractivity (Wildman–Crippen MR) is 110 cm³/mol. The van der Waals surface area contributed by atoms with Crippen molar-refractivity contribution >= 4 is 23.4 Å². The van der Waals surface area contributed by atoms with Crippen molar-refractivity contribution in [2.75, 3.05) is 19.0 Å². The van der Waals surface area contributed by atoms with E-state index in [1.807, 2.05) is 35.9 Å². The van der Waals surface area contributed by atoms with Crippen LogP contribution in [-0.4, -0.2) is 44.9 Å². The Morgan fingerprint density at radius 3 is 2.76 bits per heavy atom. The molecule has 0 bridgehead atoms. The molecule has 1 aliphatic rings. The number of fused-ring (bicyclic) bond motifs is 1. The number of thioether (sulfide) groups is 1. The average Bonchev–Trinajstić information content (AvgIpc) is 3.12. The quantitative estimate of drug-likeness (QED) is 0.571. The number of benzene rings is 2. The highest BCUT2D eigenvalue weighted by atomic mass is 35.5. The molecule has 9 heteroatoms. The Balaban J connectivity index is 1.31. The van der Waals surface area contributed by atoms with Gasteiger partial charge in [-0.2, -0.15) is 0 Å². The number of nitrogens with zero attached hydrogens (tertiary/aromatic N) is 3. The van der Waals surface area contributed by atoms with Crippen LogP contribution in [0.25, 0.3) is 0 Å². The Morgan fingerprint density at radius 2 is 1.97 bits per heavy atom. The Morgan fingerprint density at radius 1 is 1.21 bits per heavy atom. The van der Waals surface area contributed by atoms with Crippen LogP contribution in [0.1, 0.15) is 11.9 Å². The monoisotopic (exact) mass is 433 g/mol. The minimum Gasteiger partial charge on any atom is -0.491 e. The fourth-order valence-corrected chi connectivity index (χ4v) is 3.77. The molecule has 2 heterocycles. The highest BCUT2D eigenvalue weighted by Gasteiger charge is 2.27. The number of rotatable bonds is 7. The maximum atomic E-state index is 10.2. The van der Waals surface area contributed by atoms with Crippen LogP contribution in [0.3, 0.4) is 0 Å². The Bertz CT molecular complexity index is 967. The number of aliphatic hydroxyl groups excluding tert-OH is 1. The van der Waals surface area contributed by atoms with Crippen molar-refractivity contribution in [3.05, 3.63) is 59.4 Å². The normalized spacial score (nSPS) is 16.4. The van der Waals surface area contributed by atoms with Crippen molar-refractivity contribution in [2.24, 2.45) is 7.05 Å². The summed E-state index contributed by atoms with van der Waals surface area (Å²) in [6.07, 6.45) is -0.994. The van der Waals surface area contributed by atoms with Crippen LogP contribution in [0.15, 0.2) is 53.7 Å². The van der Waals surface area contributed by atoms with E-state index in [1.165, 1.54) is 11.8 Å². The van der Waals surface area contributed by atoms with Crippen molar-refractivity contribution in [1.82, 2.24) is 14.8 Å². The largest absolute Gasteiger partial charge is 0.491 e. The summed E-state index contributed by atoms with van der Waals surface area (Å²) < 4.78 is 19.2. The first-order chi connectivity index (χ1) is 14.1. The van der Waals surface area contributed by atoms with Crippen LogP contribution < -0.4 is 14.2 Å². The average molecular weight is 434 g/mol. The first-order valence-electron chi connectivity index (χ1n) is 9.07. The summed E-state index contributed by atoms with van der Waals surface area (Å²) >= 11 is 7.25. The van der Waals surface area contributed by atoms with E-state index in [-0.39, 0.29) is 12.7 Å². The molecule has 0 saturated carbocycles. The van der Waals surface area contributed by atoms with Crippen LogP contribution in [-0.2, 0) is 7.05 Å². The SMILES string of the molecule is Cn1c(SCC(O)COc2ccc(Cl)cc2)nnc1C1COc2ccccc2O1. The van der Waals surface area contributed by atoms with Crippen LogP contribution in [0.5, 0.6) is 17.2 Å². The van der Waals surface area contributed by atoms with E-state index in [0.29, 0.717) is 39.9 Å².